The highest BCUT2D eigenvalue weighted by Crippen LogP contribution is 2.22. The molecule has 11 nitrogen and oxygen atoms in total. The first-order valence-electron chi connectivity index (χ1n) is 11.3. The monoisotopic (exact) mass is 522 g/mol. The number of aromatic nitrogens is 2. The van der Waals surface area contributed by atoms with Crippen molar-refractivity contribution >= 4 is 41.0 Å². The summed E-state index contributed by atoms with van der Waals surface area (Å²) in [6.45, 7) is 2.05. The number of rotatable bonds is 8. The van der Waals surface area contributed by atoms with Crippen LogP contribution in [0.2, 0.25) is 5.02 Å². The van der Waals surface area contributed by atoms with Gasteiger partial charge in [0.25, 0.3) is 5.91 Å². The van der Waals surface area contributed by atoms with Gasteiger partial charge in [0, 0.05) is 17.1 Å². The standard InChI is InChI=1S/C25H23ClN6O5/c1-2-21(33)31-19-11-29-25(32(23(19)34)14-15-3-5-16(26)6-4-15)30-17-7-9-18(10-8-17)37-22-13-27-20(12-28-22)24(35)36/h3-10,12-13,19H,2,11,14H2,1H3,(H,29,30)(H,31,33)(H,35,36). The third-order valence-electron chi connectivity index (χ3n) is 5.33. The van der Waals surface area contributed by atoms with E-state index in [0.717, 1.165) is 11.8 Å². The number of anilines is 1. The average molecular weight is 523 g/mol. The first-order chi connectivity index (χ1) is 17.8. The second kappa shape index (κ2) is 11.5. The summed E-state index contributed by atoms with van der Waals surface area (Å²) < 4.78 is 5.61. The summed E-state index contributed by atoms with van der Waals surface area (Å²) in [6.07, 6.45) is 2.59. The number of hydrogen-bond donors (Lipinski definition) is 3. The van der Waals surface area contributed by atoms with Crippen LogP contribution in [0.3, 0.4) is 0 Å². The van der Waals surface area contributed by atoms with Gasteiger partial charge in [0.1, 0.15) is 11.8 Å². The number of carboxylic acids is 1. The third kappa shape index (κ3) is 6.58. The van der Waals surface area contributed by atoms with Gasteiger partial charge in [-0.1, -0.05) is 30.7 Å². The zero-order valence-corrected chi connectivity index (χ0v) is 20.5. The second-order valence-corrected chi connectivity index (χ2v) is 8.42. The lowest BCUT2D eigenvalue weighted by molar-refractivity contribution is -0.133. The van der Waals surface area contributed by atoms with Crippen LogP contribution in [0.1, 0.15) is 29.4 Å². The maximum Gasteiger partial charge on any atom is 0.356 e. The van der Waals surface area contributed by atoms with Gasteiger partial charge in [0.2, 0.25) is 17.7 Å². The summed E-state index contributed by atoms with van der Waals surface area (Å²) in [5.74, 6) is -0.757. The fourth-order valence-corrected chi connectivity index (χ4v) is 3.53. The van der Waals surface area contributed by atoms with E-state index in [9.17, 15) is 14.4 Å². The molecule has 1 atom stereocenters. The van der Waals surface area contributed by atoms with E-state index in [1.165, 1.54) is 11.1 Å². The lowest BCUT2D eigenvalue weighted by Crippen LogP contribution is -2.56. The van der Waals surface area contributed by atoms with Crippen LogP contribution < -0.4 is 15.4 Å². The third-order valence-corrected chi connectivity index (χ3v) is 5.59. The molecular formula is C25H23ClN6O5. The minimum absolute atomic E-state index is 0.107. The SMILES string of the molecule is CCC(=O)NC1CN=C(Nc2ccc(Oc3cnc(C(=O)O)cn3)cc2)N(Cc2ccc(Cl)cc2)C1=O. The molecule has 1 aliphatic rings. The fourth-order valence-electron chi connectivity index (χ4n) is 3.41. The zero-order valence-electron chi connectivity index (χ0n) is 19.7. The number of guanidine groups is 1. The molecule has 12 heteroatoms. The van der Waals surface area contributed by atoms with E-state index in [4.69, 9.17) is 21.4 Å². The quantitative estimate of drug-likeness (QED) is 0.408. The maximum absolute atomic E-state index is 13.3. The first kappa shape index (κ1) is 25.6. The minimum atomic E-state index is -1.18. The molecule has 190 valence electrons. The fraction of sp³-hybridized carbons (Fsp3) is 0.200. The Bertz CT molecular complexity index is 1310. The summed E-state index contributed by atoms with van der Waals surface area (Å²) in [5, 5.41) is 15.4. The highest BCUT2D eigenvalue weighted by atomic mass is 35.5. The number of carbonyl (C=O) groups excluding carboxylic acids is 2. The Morgan fingerprint density at radius 2 is 1.84 bits per heavy atom. The van der Waals surface area contributed by atoms with Crippen molar-refractivity contribution in [3.8, 4) is 11.6 Å². The van der Waals surface area contributed by atoms with Crippen molar-refractivity contribution in [3.05, 3.63) is 77.2 Å². The van der Waals surface area contributed by atoms with Crippen LogP contribution in [0.15, 0.2) is 65.9 Å². The summed E-state index contributed by atoms with van der Waals surface area (Å²) in [6, 6.07) is 13.2. The summed E-state index contributed by atoms with van der Waals surface area (Å²) in [7, 11) is 0. The van der Waals surface area contributed by atoms with Gasteiger partial charge < -0.3 is 20.5 Å². The van der Waals surface area contributed by atoms with Gasteiger partial charge in [-0.25, -0.2) is 19.8 Å². The number of aliphatic imine (C=N–C) groups is 1. The Hall–Kier alpha value is -4.51. The smallest absolute Gasteiger partial charge is 0.356 e. The van der Waals surface area contributed by atoms with Crippen molar-refractivity contribution in [1.82, 2.24) is 20.2 Å². The number of halogens is 1. The number of nitrogens with one attached hydrogen (secondary N) is 2. The van der Waals surface area contributed by atoms with E-state index in [-0.39, 0.29) is 42.9 Å². The van der Waals surface area contributed by atoms with E-state index in [1.807, 2.05) is 12.1 Å². The highest BCUT2D eigenvalue weighted by molar-refractivity contribution is 6.30. The molecular weight excluding hydrogens is 500 g/mol. The lowest BCUT2D eigenvalue weighted by Gasteiger charge is -2.32. The number of carboxylic acid groups (broad SMARTS) is 1. The van der Waals surface area contributed by atoms with Crippen molar-refractivity contribution in [1.29, 1.82) is 0 Å². The molecule has 0 radical (unpaired) electrons. The number of hydrogen-bond acceptors (Lipinski definition) is 8. The molecule has 2 amide bonds. The van der Waals surface area contributed by atoms with Crippen molar-refractivity contribution in [2.24, 2.45) is 4.99 Å². The van der Waals surface area contributed by atoms with Gasteiger partial charge >= 0.3 is 5.97 Å². The van der Waals surface area contributed by atoms with E-state index in [2.05, 4.69) is 25.6 Å². The molecule has 1 aliphatic heterocycles. The topological polar surface area (TPSA) is 146 Å². The van der Waals surface area contributed by atoms with Crippen molar-refractivity contribution in [2.75, 3.05) is 11.9 Å². The largest absolute Gasteiger partial charge is 0.476 e. The number of aromatic carboxylic acids is 1. The van der Waals surface area contributed by atoms with Crippen LogP contribution in [0.4, 0.5) is 5.69 Å². The van der Waals surface area contributed by atoms with Crippen LogP contribution in [0.5, 0.6) is 11.6 Å². The number of nitrogens with zero attached hydrogens (tertiary/aromatic N) is 4. The molecule has 2 heterocycles. The predicted octanol–water partition coefficient (Wildman–Crippen LogP) is 3.33. The molecule has 0 saturated heterocycles. The van der Waals surface area contributed by atoms with Crippen molar-refractivity contribution < 1.29 is 24.2 Å². The van der Waals surface area contributed by atoms with E-state index in [1.54, 1.807) is 43.3 Å². The zero-order chi connectivity index (χ0) is 26.4. The van der Waals surface area contributed by atoms with Gasteiger partial charge in [-0.3, -0.25) is 14.5 Å². The van der Waals surface area contributed by atoms with Gasteiger partial charge in [-0.05, 0) is 42.0 Å². The summed E-state index contributed by atoms with van der Waals surface area (Å²) in [5.41, 5.74) is 1.30. The number of carbonyl (C=O) groups is 3. The molecule has 1 unspecified atom stereocenters. The van der Waals surface area contributed by atoms with Gasteiger partial charge in [0.05, 0.1) is 25.5 Å². The van der Waals surface area contributed by atoms with Crippen LogP contribution in [-0.4, -0.2) is 56.3 Å². The minimum Gasteiger partial charge on any atom is -0.476 e. The number of amides is 2. The molecule has 0 saturated carbocycles. The van der Waals surface area contributed by atoms with Crippen molar-refractivity contribution in [2.45, 2.75) is 25.9 Å². The van der Waals surface area contributed by atoms with Crippen LogP contribution in [0, 0.1) is 0 Å². The molecule has 0 spiro atoms. The van der Waals surface area contributed by atoms with Gasteiger partial charge in [-0.2, -0.15) is 0 Å². The van der Waals surface area contributed by atoms with Crippen LogP contribution in [-0.2, 0) is 16.1 Å². The Labute approximate surface area is 217 Å². The maximum atomic E-state index is 13.3. The summed E-state index contributed by atoms with van der Waals surface area (Å²) in [4.78, 5) is 49.8. The first-order valence-corrected chi connectivity index (χ1v) is 11.7. The summed E-state index contributed by atoms with van der Waals surface area (Å²) >= 11 is 5.99. The molecule has 3 N–H and O–H groups in total. The average Bonchev–Trinajstić information content (AvgIpc) is 2.90. The van der Waals surface area contributed by atoms with Gasteiger partial charge in [0.15, 0.2) is 5.69 Å². The molecule has 4 rings (SSSR count). The number of benzene rings is 2. The van der Waals surface area contributed by atoms with Crippen LogP contribution >= 0.6 is 11.6 Å². The van der Waals surface area contributed by atoms with E-state index < -0.39 is 12.0 Å². The normalized spacial score (nSPS) is 15.1. The molecule has 3 aromatic rings. The predicted molar refractivity (Wildman–Crippen MR) is 136 cm³/mol. The van der Waals surface area contributed by atoms with Crippen molar-refractivity contribution in [3.63, 3.8) is 0 Å². The molecule has 1 aromatic heterocycles. The molecule has 37 heavy (non-hydrogen) atoms. The Balaban J connectivity index is 1.49. The molecule has 0 fully saturated rings. The van der Waals surface area contributed by atoms with E-state index in [0.29, 0.717) is 22.4 Å². The van der Waals surface area contributed by atoms with Gasteiger partial charge in [-0.15, -0.1) is 0 Å². The van der Waals surface area contributed by atoms with E-state index >= 15 is 0 Å². The molecule has 0 aliphatic carbocycles. The molecule has 0 bridgehead atoms. The van der Waals surface area contributed by atoms with Crippen LogP contribution in [0.25, 0.3) is 0 Å². The second-order valence-electron chi connectivity index (χ2n) is 7.99. The lowest BCUT2D eigenvalue weighted by atomic mass is 10.1. The molecule has 2 aromatic carbocycles. The highest BCUT2D eigenvalue weighted by Gasteiger charge is 2.33. The Morgan fingerprint density at radius 1 is 1.11 bits per heavy atom. The Morgan fingerprint density at radius 3 is 2.46 bits per heavy atom. The Kier molecular flexibility index (Phi) is 7.94. The number of ether oxygens (including phenoxy) is 1.